The van der Waals surface area contributed by atoms with Gasteiger partial charge in [0.15, 0.2) is 0 Å². The molecule has 1 aliphatic carbocycles. The van der Waals surface area contributed by atoms with Crippen LogP contribution in [0.25, 0.3) is 0 Å². The van der Waals surface area contributed by atoms with E-state index in [-0.39, 0.29) is 16.7 Å². The molecule has 2 rings (SSSR count). The largest absolute Gasteiger partial charge is 0.277 e. The Bertz CT molecular complexity index is 675. The summed E-state index contributed by atoms with van der Waals surface area (Å²) in [5, 5.41) is 0. The maximum absolute atomic E-state index is 12.5. The number of carbonyl (C=O) groups excluding carboxylic acids is 1. The average molecular weight is 310 g/mol. The summed E-state index contributed by atoms with van der Waals surface area (Å²) in [6.45, 7) is 9.42. The first-order valence-electron chi connectivity index (χ1n) is 7.05. The Kier molecular flexibility index (Phi) is 4.13. The Labute approximate surface area is 126 Å². The minimum Gasteiger partial charge on any atom is -0.277 e. The van der Waals surface area contributed by atoms with Crippen LogP contribution in [0.1, 0.15) is 40.7 Å². The van der Waals surface area contributed by atoms with E-state index in [0.29, 0.717) is 0 Å². The van der Waals surface area contributed by atoms with Crippen molar-refractivity contribution in [1.82, 2.24) is 10.3 Å². The first-order valence-corrected chi connectivity index (χ1v) is 8.53. The van der Waals surface area contributed by atoms with Crippen LogP contribution in [-0.2, 0) is 14.8 Å². The molecule has 0 spiro atoms. The number of rotatable bonds is 4. The molecule has 21 heavy (non-hydrogen) atoms. The third-order valence-corrected chi connectivity index (χ3v) is 5.98. The summed E-state index contributed by atoms with van der Waals surface area (Å²) < 4.78 is 25.0. The highest BCUT2D eigenvalue weighted by Gasteiger charge is 2.31. The van der Waals surface area contributed by atoms with E-state index >= 15 is 0 Å². The van der Waals surface area contributed by atoms with Crippen molar-refractivity contribution in [3.8, 4) is 0 Å². The maximum Gasteiger partial charge on any atom is 0.257 e. The van der Waals surface area contributed by atoms with Crippen LogP contribution in [0, 0.1) is 40.5 Å². The first kappa shape index (κ1) is 16.0. The molecule has 0 heterocycles. The van der Waals surface area contributed by atoms with E-state index in [4.69, 9.17) is 0 Å². The highest BCUT2D eigenvalue weighted by molar-refractivity contribution is 7.89. The standard InChI is InChI=1S/C15H22N2O3S/c1-8-9(2)11(4)14(12(5)10(8)3)21(19,20)17-16-15(18)13-6-7-13/h13,17H,6-7H2,1-5H3,(H,16,18). The van der Waals surface area contributed by atoms with Crippen molar-refractivity contribution in [3.05, 3.63) is 27.8 Å². The Morgan fingerprint density at radius 3 is 1.76 bits per heavy atom. The van der Waals surface area contributed by atoms with Crippen LogP contribution in [0.5, 0.6) is 0 Å². The zero-order chi connectivity index (χ0) is 15.9. The lowest BCUT2D eigenvalue weighted by Crippen LogP contribution is -2.42. The molecular weight excluding hydrogens is 288 g/mol. The van der Waals surface area contributed by atoms with Crippen LogP contribution < -0.4 is 10.3 Å². The van der Waals surface area contributed by atoms with Gasteiger partial charge in [-0.1, -0.05) is 0 Å². The lowest BCUT2D eigenvalue weighted by molar-refractivity contribution is -0.122. The number of carbonyl (C=O) groups is 1. The van der Waals surface area contributed by atoms with Crippen LogP contribution >= 0.6 is 0 Å². The molecule has 1 aromatic carbocycles. The van der Waals surface area contributed by atoms with Crippen LogP contribution in [0.3, 0.4) is 0 Å². The summed E-state index contributed by atoms with van der Waals surface area (Å²) in [6, 6.07) is 0. The van der Waals surface area contributed by atoms with Gasteiger partial charge >= 0.3 is 0 Å². The van der Waals surface area contributed by atoms with Crippen LogP contribution in [0.15, 0.2) is 4.90 Å². The number of hydrogen-bond acceptors (Lipinski definition) is 3. The average Bonchev–Trinajstić information content (AvgIpc) is 3.25. The molecule has 1 saturated carbocycles. The third-order valence-electron chi connectivity index (χ3n) is 4.46. The Hall–Kier alpha value is -1.40. The summed E-state index contributed by atoms with van der Waals surface area (Å²) in [6.07, 6.45) is 1.66. The molecule has 0 aliphatic heterocycles. The fourth-order valence-corrected chi connectivity index (χ4v) is 3.93. The van der Waals surface area contributed by atoms with E-state index in [2.05, 4.69) is 10.3 Å². The van der Waals surface area contributed by atoms with E-state index in [9.17, 15) is 13.2 Å². The van der Waals surface area contributed by atoms with Crippen LogP contribution in [0.4, 0.5) is 0 Å². The molecule has 1 aromatic rings. The van der Waals surface area contributed by atoms with Crippen LogP contribution in [-0.4, -0.2) is 14.3 Å². The van der Waals surface area contributed by atoms with Gasteiger partial charge in [0.25, 0.3) is 10.0 Å². The second-order valence-corrected chi connectivity index (χ2v) is 7.44. The lowest BCUT2D eigenvalue weighted by atomic mass is 9.95. The van der Waals surface area contributed by atoms with E-state index in [1.807, 2.05) is 20.8 Å². The molecule has 0 saturated heterocycles. The molecule has 5 nitrogen and oxygen atoms in total. The predicted molar refractivity (Wildman–Crippen MR) is 81.3 cm³/mol. The molecule has 0 radical (unpaired) electrons. The smallest absolute Gasteiger partial charge is 0.257 e. The topological polar surface area (TPSA) is 75.3 Å². The van der Waals surface area contributed by atoms with Gasteiger partial charge in [0.2, 0.25) is 5.91 Å². The molecule has 6 heteroatoms. The highest BCUT2D eigenvalue weighted by atomic mass is 32.2. The molecule has 116 valence electrons. The number of hydrogen-bond donors (Lipinski definition) is 2. The van der Waals surface area contributed by atoms with Gasteiger partial charge in [0.1, 0.15) is 0 Å². The summed E-state index contributed by atoms with van der Waals surface area (Å²) in [4.78, 5) is 14.1. The van der Waals surface area contributed by atoms with Crippen molar-refractivity contribution in [2.24, 2.45) is 5.92 Å². The first-order chi connectivity index (χ1) is 9.66. The third kappa shape index (κ3) is 2.96. The van der Waals surface area contributed by atoms with E-state index in [1.165, 1.54) is 0 Å². The Morgan fingerprint density at radius 1 is 0.905 bits per heavy atom. The molecule has 0 aromatic heterocycles. The molecule has 0 bridgehead atoms. The number of nitrogens with one attached hydrogen (secondary N) is 2. The number of benzene rings is 1. The number of amides is 1. The molecule has 1 fully saturated rings. The van der Waals surface area contributed by atoms with Gasteiger partial charge in [-0.15, -0.1) is 4.83 Å². The summed E-state index contributed by atoms with van der Waals surface area (Å²) in [5.41, 5.74) is 6.80. The van der Waals surface area contributed by atoms with Crippen molar-refractivity contribution in [2.75, 3.05) is 0 Å². The van der Waals surface area contributed by atoms with E-state index < -0.39 is 10.0 Å². The number of sulfonamides is 1. The monoisotopic (exact) mass is 310 g/mol. The minimum absolute atomic E-state index is 0.0450. The number of hydrazine groups is 1. The Morgan fingerprint density at radius 2 is 1.33 bits per heavy atom. The molecule has 1 amide bonds. The molecule has 1 aliphatic rings. The van der Waals surface area contributed by atoms with E-state index in [0.717, 1.165) is 40.7 Å². The quantitative estimate of drug-likeness (QED) is 0.835. The molecule has 2 N–H and O–H groups in total. The second-order valence-electron chi connectivity index (χ2n) is 5.82. The van der Waals surface area contributed by atoms with Crippen molar-refractivity contribution in [1.29, 1.82) is 0 Å². The van der Waals surface area contributed by atoms with Gasteiger partial charge in [0, 0.05) is 5.92 Å². The van der Waals surface area contributed by atoms with Gasteiger partial charge in [-0.3, -0.25) is 10.2 Å². The minimum atomic E-state index is -3.77. The summed E-state index contributed by atoms with van der Waals surface area (Å²) in [5.74, 6) is -0.300. The van der Waals surface area contributed by atoms with Gasteiger partial charge < -0.3 is 0 Å². The van der Waals surface area contributed by atoms with Gasteiger partial charge in [-0.2, -0.15) is 0 Å². The van der Waals surface area contributed by atoms with Crippen LogP contribution in [0.2, 0.25) is 0 Å². The fourth-order valence-electron chi connectivity index (χ4n) is 2.48. The fraction of sp³-hybridized carbons (Fsp3) is 0.533. The van der Waals surface area contributed by atoms with E-state index in [1.54, 1.807) is 13.8 Å². The SMILES string of the molecule is Cc1c(C)c(C)c(S(=O)(=O)NNC(=O)C2CC2)c(C)c1C. The highest BCUT2D eigenvalue weighted by Crippen LogP contribution is 2.30. The maximum atomic E-state index is 12.5. The summed E-state index contributed by atoms with van der Waals surface area (Å²) >= 11 is 0. The molecule has 0 atom stereocenters. The van der Waals surface area contributed by atoms with Crippen molar-refractivity contribution in [2.45, 2.75) is 52.4 Å². The summed E-state index contributed by atoms with van der Waals surface area (Å²) in [7, 11) is -3.77. The van der Waals surface area contributed by atoms with Crippen molar-refractivity contribution >= 4 is 15.9 Å². The second kappa shape index (κ2) is 5.42. The van der Waals surface area contributed by atoms with Gasteiger partial charge in [-0.05, 0) is 75.3 Å². The zero-order valence-electron chi connectivity index (χ0n) is 13.1. The van der Waals surface area contributed by atoms with Gasteiger partial charge in [0.05, 0.1) is 4.90 Å². The van der Waals surface area contributed by atoms with Gasteiger partial charge in [-0.25, -0.2) is 8.42 Å². The van der Waals surface area contributed by atoms with Crippen molar-refractivity contribution in [3.63, 3.8) is 0 Å². The molecular formula is C15H22N2O3S. The molecule has 0 unspecified atom stereocenters. The lowest BCUT2D eigenvalue weighted by Gasteiger charge is -2.19. The predicted octanol–water partition coefficient (Wildman–Crippen LogP) is 1.95. The van der Waals surface area contributed by atoms with Crippen molar-refractivity contribution < 1.29 is 13.2 Å². The zero-order valence-corrected chi connectivity index (χ0v) is 13.9. The normalized spacial score (nSPS) is 15.1. The Balaban J connectivity index is 2.37.